The lowest BCUT2D eigenvalue weighted by Gasteiger charge is -2.39. The van der Waals surface area contributed by atoms with Crippen LogP contribution < -0.4 is 20.7 Å². The lowest BCUT2D eigenvalue weighted by atomic mass is 9.76. The molecule has 11 nitrogen and oxygen atoms in total. The number of nitrogen functional groups attached to an aromatic ring is 1. The summed E-state index contributed by atoms with van der Waals surface area (Å²) in [6.45, 7) is 4.17. The second kappa shape index (κ2) is 13.4. The van der Waals surface area contributed by atoms with Crippen LogP contribution >= 0.6 is 11.6 Å². The summed E-state index contributed by atoms with van der Waals surface area (Å²) in [5.74, 6) is -1.36. The molecule has 3 aliphatic rings. The number of ether oxygens (including phenoxy) is 1. The van der Waals surface area contributed by atoms with E-state index < -0.39 is 24.3 Å². The first-order valence-corrected chi connectivity index (χ1v) is 16.1. The fraction of sp³-hybridized carbons (Fsp3) is 0.455. The predicted octanol–water partition coefficient (Wildman–Crippen LogP) is 4.48. The van der Waals surface area contributed by atoms with Gasteiger partial charge in [0.2, 0.25) is 17.9 Å². The first-order valence-electron chi connectivity index (χ1n) is 15.8. The Kier molecular flexibility index (Phi) is 9.42. The van der Waals surface area contributed by atoms with Gasteiger partial charge in [-0.3, -0.25) is 9.59 Å². The Hall–Kier alpha value is -4.14. The summed E-state index contributed by atoms with van der Waals surface area (Å²) in [4.78, 5) is 38.8. The van der Waals surface area contributed by atoms with E-state index in [9.17, 15) is 27.9 Å². The molecular formula is C33H37ClF3N7O4. The number of benzene rings is 2. The van der Waals surface area contributed by atoms with Crippen LogP contribution in [-0.2, 0) is 4.79 Å². The highest BCUT2D eigenvalue weighted by Gasteiger charge is 2.46. The Morgan fingerprint density at radius 2 is 1.79 bits per heavy atom. The molecule has 3 aliphatic heterocycles. The van der Waals surface area contributed by atoms with Gasteiger partial charge in [-0.15, -0.1) is 0 Å². The maximum Gasteiger partial charge on any atom is 0.429 e. The Morgan fingerprint density at radius 3 is 2.46 bits per heavy atom. The third-order valence-corrected chi connectivity index (χ3v) is 9.79. The van der Waals surface area contributed by atoms with Gasteiger partial charge >= 0.3 is 12.1 Å². The molecule has 3 aromatic rings. The number of hydrogen-bond acceptors (Lipinski definition) is 9. The summed E-state index contributed by atoms with van der Waals surface area (Å²) in [7, 11) is 1.98. The number of rotatable bonds is 7. The number of amides is 1. The van der Waals surface area contributed by atoms with Crippen molar-refractivity contribution in [2.45, 2.75) is 37.6 Å². The summed E-state index contributed by atoms with van der Waals surface area (Å²) in [5.41, 5.74) is 6.48. The number of anilines is 2. The van der Waals surface area contributed by atoms with Crippen molar-refractivity contribution in [2.75, 3.05) is 63.5 Å². The highest BCUT2D eigenvalue weighted by Crippen LogP contribution is 2.43. The van der Waals surface area contributed by atoms with Crippen molar-refractivity contribution in [3.05, 3.63) is 64.7 Å². The van der Waals surface area contributed by atoms with Gasteiger partial charge < -0.3 is 35.6 Å². The SMILES string of the molecule is CN1CCN(C(=O)c2cccc(-c3cc(Cl)ccc3C(Oc3cc(N4CCC5(CC4)CN[C@H](C(=O)O)C5)nc(N)n3)C(F)(F)F)c2)CC1. The van der Waals surface area contributed by atoms with Gasteiger partial charge in [0.05, 0.1) is 0 Å². The van der Waals surface area contributed by atoms with Crippen LogP contribution in [0.3, 0.4) is 0 Å². The molecule has 3 fully saturated rings. The van der Waals surface area contributed by atoms with E-state index in [0.717, 1.165) is 13.1 Å². The summed E-state index contributed by atoms with van der Waals surface area (Å²) in [6, 6.07) is 11.3. The Bertz CT molecular complexity index is 1680. The van der Waals surface area contributed by atoms with E-state index >= 15 is 0 Å². The van der Waals surface area contributed by atoms with E-state index in [0.29, 0.717) is 68.9 Å². The van der Waals surface area contributed by atoms with Gasteiger partial charge in [0.15, 0.2) is 0 Å². The molecular weight excluding hydrogens is 651 g/mol. The van der Waals surface area contributed by atoms with Gasteiger partial charge in [-0.1, -0.05) is 29.8 Å². The monoisotopic (exact) mass is 687 g/mol. The van der Waals surface area contributed by atoms with Crippen LogP contribution in [0, 0.1) is 5.41 Å². The molecule has 2 aromatic carbocycles. The lowest BCUT2D eigenvalue weighted by Crippen LogP contribution is -2.47. The fourth-order valence-corrected chi connectivity index (χ4v) is 6.95. The Labute approximate surface area is 280 Å². The minimum atomic E-state index is -4.87. The number of alkyl halides is 3. The van der Waals surface area contributed by atoms with Crippen molar-refractivity contribution in [1.82, 2.24) is 25.1 Å². The molecule has 0 radical (unpaired) electrons. The third-order valence-electron chi connectivity index (χ3n) is 9.56. The molecule has 1 amide bonds. The molecule has 48 heavy (non-hydrogen) atoms. The molecule has 4 heterocycles. The van der Waals surface area contributed by atoms with Gasteiger partial charge in [-0.05, 0) is 67.1 Å². The van der Waals surface area contributed by atoms with Gasteiger partial charge in [-0.25, -0.2) is 0 Å². The van der Waals surface area contributed by atoms with Crippen LogP contribution in [-0.4, -0.2) is 102 Å². The van der Waals surface area contributed by atoms with Crippen molar-refractivity contribution >= 4 is 35.2 Å². The fourth-order valence-electron chi connectivity index (χ4n) is 6.78. The summed E-state index contributed by atoms with van der Waals surface area (Å²) in [5, 5.41) is 12.7. The standard InChI is InChI=1S/C33H37ClF3N7O4/c1-42-11-13-44(14-12-42)29(45)21-4-2-3-20(15-21)24-16-22(34)5-6-23(24)28(33(35,36)37)48-27-17-26(40-31(38)41-27)43-9-7-32(8-10-43)18-25(30(46)47)39-19-32/h2-6,15-17,25,28,39H,7-14,18-19H2,1H3,(H,46,47)(H2,38,40,41)/t25-,28?/m0/s1. The molecule has 0 bridgehead atoms. The first-order chi connectivity index (χ1) is 22.8. The Morgan fingerprint density at radius 1 is 1.06 bits per heavy atom. The maximum absolute atomic E-state index is 14.8. The molecule has 256 valence electrons. The largest absolute Gasteiger partial charge is 0.480 e. The lowest BCUT2D eigenvalue weighted by molar-refractivity contribution is -0.198. The predicted molar refractivity (Wildman–Crippen MR) is 174 cm³/mol. The van der Waals surface area contributed by atoms with Crippen LogP contribution in [0.1, 0.15) is 41.3 Å². The van der Waals surface area contributed by atoms with Crippen LogP contribution in [0.2, 0.25) is 5.02 Å². The topological polar surface area (TPSA) is 137 Å². The Balaban J connectivity index is 1.26. The number of piperazine rings is 1. The highest BCUT2D eigenvalue weighted by molar-refractivity contribution is 6.30. The van der Waals surface area contributed by atoms with Crippen LogP contribution in [0.15, 0.2) is 48.5 Å². The average molecular weight is 688 g/mol. The molecule has 1 spiro atoms. The number of halogens is 4. The summed E-state index contributed by atoms with van der Waals surface area (Å²) in [6.07, 6.45) is -5.45. The van der Waals surface area contributed by atoms with E-state index in [1.807, 2.05) is 11.9 Å². The second-order valence-corrected chi connectivity index (χ2v) is 13.3. The maximum atomic E-state index is 14.8. The minimum Gasteiger partial charge on any atom is -0.480 e. The number of hydrogen-bond donors (Lipinski definition) is 3. The molecule has 3 saturated heterocycles. The van der Waals surface area contributed by atoms with Crippen molar-refractivity contribution in [2.24, 2.45) is 5.41 Å². The normalized spacial score (nSPS) is 20.6. The molecule has 6 rings (SSSR count). The number of carbonyl (C=O) groups excluding carboxylic acids is 1. The number of nitrogens with zero attached hydrogens (tertiary/aromatic N) is 5. The molecule has 15 heteroatoms. The highest BCUT2D eigenvalue weighted by atomic mass is 35.5. The van der Waals surface area contributed by atoms with Gasteiger partial charge in [0.1, 0.15) is 11.9 Å². The van der Waals surface area contributed by atoms with Crippen molar-refractivity contribution in [3.8, 4) is 17.0 Å². The average Bonchev–Trinajstić information content (AvgIpc) is 3.47. The first kappa shape index (κ1) is 33.7. The van der Waals surface area contributed by atoms with Gasteiger partial charge in [0, 0.05) is 68.0 Å². The number of aromatic nitrogens is 2. The van der Waals surface area contributed by atoms with Crippen LogP contribution in [0.4, 0.5) is 24.9 Å². The van der Waals surface area contributed by atoms with E-state index in [-0.39, 0.29) is 39.3 Å². The minimum absolute atomic E-state index is 0.159. The zero-order chi connectivity index (χ0) is 34.2. The molecule has 1 unspecified atom stereocenters. The second-order valence-electron chi connectivity index (χ2n) is 12.8. The van der Waals surface area contributed by atoms with Crippen LogP contribution in [0.5, 0.6) is 5.88 Å². The van der Waals surface area contributed by atoms with E-state index in [1.54, 1.807) is 29.2 Å². The van der Waals surface area contributed by atoms with E-state index in [1.165, 1.54) is 24.3 Å². The quantitative estimate of drug-likeness (QED) is 0.326. The molecule has 1 aromatic heterocycles. The number of piperidine rings is 1. The number of aliphatic carboxylic acids is 1. The van der Waals surface area contributed by atoms with Crippen molar-refractivity contribution < 1.29 is 32.6 Å². The van der Waals surface area contributed by atoms with Crippen molar-refractivity contribution in [3.63, 3.8) is 0 Å². The number of carbonyl (C=O) groups is 2. The molecule has 0 saturated carbocycles. The number of likely N-dealkylation sites (N-methyl/N-ethyl adjacent to an activating group) is 1. The summed E-state index contributed by atoms with van der Waals surface area (Å²) < 4.78 is 50.1. The molecule has 2 atom stereocenters. The van der Waals surface area contributed by atoms with Crippen LogP contribution in [0.25, 0.3) is 11.1 Å². The zero-order valence-corrected chi connectivity index (χ0v) is 27.1. The number of carboxylic acids is 1. The van der Waals surface area contributed by atoms with Gasteiger partial charge in [0.25, 0.3) is 5.91 Å². The third kappa shape index (κ3) is 7.30. The zero-order valence-electron chi connectivity index (χ0n) is 26.3. The molecule has 0 aliphatic carbocycles. The number of nitrogens with two attached hydrogens (primary N) is 1. The van der Waals surface area contributed by atoms with Crippen molar-refractivity contribution in [1.29, 1.82) is 0 Å². The van der Waals surface area contributed by atoms with E-state index in [4.69, 9.17) is 22.1 Å². The van der Waals surface area contributed by atoms with Gasteiger partial charge in [-0.2, -0.15) is 23.1 Å². The molecule has 4 N–H and O–H groups in total. The number of nitrogens with one attached hydrogen (secondary N) is 1. The smallest absolute Gasteiger partial charge is 0.429 e. The van der Waals surface area contributed by atoms with E-state index in [2.05, 4.69) is 20.2 Å². The summed E-state index contributed by atoms with van der Waals surface area (Å²) >= 11 is 6.30. The number of carboxylic acid groups (broad SMARTS) is 1.